The van der Waals surface area contributed by atoms with Gasteiger partial charge in [-0.25, -0.2) is 0 Å². The number of rotatable bonds is 9. The molecule has 3 aliphatic heterocycles. The zero-order valence-electron chi connectivity index (χ0n) is 50.9. The monoisotopic (exact) mass is 1120 g/mol. The van der Waals surface area contributed by atoms with Crippen molar-refractivity contribution in [1.29, 1.82) is 0 Å². The predicted octanol–water partition coefficient (Wildman–Crippen LogP) is 11.1. The fourth-order valence-electron chi connectivity index (χ4n) is 23.2. The summed E-state index contributed by atoms with van der Waals surface area (Å²) in [5.74, 6) is -0.488. The van der Waals surface area contributed by atoms with E-state index >= 15 is 14.4 Å². The minimum atomic E-state index is -1.05. The second-order valence-electron chi connectivity index (χ2n) is 31.5. The van der Waals surface area contributed by atoms with E-state index in [1.165, 1.54) is 24.8 Å². The summed E-state index contributed by atoms with van der Waals surface area (Å²) < 4.78 is 14.4. The van der Waals surface area contributed by atoms with Crippen molar-refractivity contribution in [2.75, 3.05) is 26.8 Å². The average Bonchev–Trinajstić information content (AvgIpc) is 1.15. The number of aryl methyl sites for hydroxylation is 1. The Morgan fingerprint density at radius 1 is 0.854 bits per heavy atom. The molecule has 446 valence electrons. The van der Waals surface area contributed by atoms with Gasteiger partial charge < -0.3 is 44.8 Å². The van der Waals surface area contributed by atoms with Crippen LogP contribution >= 0.6 is 0 Å². The number of aromatic amines is 1. The van der Waals surface area contributed by atoms with Crippen LogP contribution < -0.4 is 5.32 Å². The lowest BCUT2D eigenvalue weighted by Gasteiger charge is -2.78. The van der Waals surface area contributed by atoms with Crippen molar-refractivity contribution in [3.8, 4) is 0 Å². The number of H-pyrrole nitrogens is 1. The van der Waals surface area contributed by atoms with E-state index in [1.807, 2.05) is 20.9 Å². The molecule has 8 aliphatic carbocycles. The summed E-state index contributed by atoms with van der Waals surface area (Å²) in [6.07, 6.45) is 19.4. The average molecular weight is 1120 g/mol. The van der Waals surface area contributed by atoms with E-state index in [1.54, 1.807) is 0 Å². The van der Waals surface area contributed by atoms with Crippen LogP contribution in [-0.2, 0) is 48.8 Å². The standard InChI is InChI=1S/C70H97N3O9/c1-62(2)60(82-62)51(77)33-63(3)22-18-41-36-72-56-46(53-45-30-42(40-14-10-9-11-15-40)31-48(44(45)16-17-49(53)75)70(80)25-28-81-29-26-70)37-73(57(41)56)38-47-54-55(63)50(76)34-65(54,5)66(6)39-68(20-12-13-21-68)61-64(4,24-27-71-8)52(78)35-69(23-19-43(74)32-69)67(61,7)59(66)58(47)79/h30-31,36-37,40,43,47,51,53,58-61,71-72,74,77,79-80H,9-29,32-35,38-39H2,1-8H3/t43-,47+,51+,53-,58+,59-,60+,61-,63-,64+,65-,66-,67-,69-/m0/s1. The Morgan fingerprint density at radius 3 is 2.27 bits per heavy atom. The zero-order chi connectivity index (χ0) is 57.5. The van der Waals surface area contributed by atoms with E-state index in [2.05, 4.69) is 74.0 Å². The highest BCUT2D eigenvalue weighted by molar-refractivity contribution is 6.02. The summed E-state index contributed by atoms with van der Waals surface area (Å²) >= 11 is 0. The van der Waals surface area contributed by atoms with Gasteiger partial charge >= 0.3 is 0 Å². The van der Waals surface area contributed by atoms with E-state index in [0.717, 1.165) is 101 Å². The van der Waals surface area contributed by atoms with E-state index < -0.39 is 73.8 Å². The smallest absolute Gasteiger partial charge is 0.160 e. The predicted molar refractivity (Wildman–Crippen MR) is 315 cm³/mol. The van der Waals surface area contributed by atoms with E-state index in [-0.39, 0.29) is 34.9 Å². The molecule has 14 atom stereocenters. The number of ether oxygens (including phenoxy) is 2. The molecule has 0 unspecified atom stereocenters. The third-order valence-corrected chi connectivity index (χ3v) is 26.9. The molecule has 5 heterocycles. The first-order valence-corrected chi connectivity index (χ1v) is 32.8. The van der Waals surface area contributed by atoms with Crippen molar-refractivity contribution < 1.29 is 44.3 Å². The van der Waals surface area contributed by atoms with Gasteiger partial charge in [0.15, 0.2) is 5.78 Å². The van der Waals surface area contributed by atoms with Crippen molar-refractivity contribution in [2.45, 2.75) is 250 Å². The summed E-state index contributed by atoms with van der Waals surface area (Å²) in [5.41, 5.74) is 4.59. The number of hydrogen-bond acceptors (Lipinski definition) is 10. The van der Waals surface area contributed by atoms with Crippen LogP contribution in [-0.4, -0.2) is 104 Å². The second-order valence-corrected chi connectivity index (χ2v) is 31.5. The van der Waals surface area contributed by atoms with Gasteiger partial charge in [0.25, 0.3) is 0 Å². The maximum atomic E-state index is 16.1. The minimum Gasteiger partial charge on any atom is -0.393 e. The number of aliphatic hydroxyl groups excluding tert-OH is 3. The summed E-state index contributed by atoms with van der Waals surface area (Å²) in [6, 6.07) is 4.67. The van der Waals surface area contributed by atoms with E-state index in [4.69, 9.17) is 9.47 Å². The summed E-state index contributed by atoms with van der Waals surface area (Å²) in [5, 5.41) is 55.2. The van der Waals surface area contributed by atoms with Crippen molar-refractivity contribution >= 4 is 28.4 Å². The summed E-state index contributed by atoms with van der Waals surface area (Å²) in [6.45, 7) is 18.0. The third kappa shape index (κ3) is 7.73. The minimum absolute atomic E-state index is 0.0451. The topological polar surface area (TPSA) is 187 Å². The van der Waals surface area contributed by atoms with Crippen molar-refractivity contribution in [2.24, 2.45) is 55.7 Å². The van der Waals surface area contributed by atoms with Gasteiger partial charge in [-0.05, 0) is 189 Å². The fourth-order valence-corrected chi connectivity index (χ4v) is 23.2. The molecule has 1 aromatic carbocycles. The van der Waals surface area contributed by atoms with Gasteiger partial charge in [-0.2, -0.15) is 0 Å². The maximum absolute atomic E-state index is 16.1. The van der Waals surface area contributed by atoms with E-state index in [9.17, 15) is 20.4 Å². The highest BCUT2D eigenvalue weighted by atomic mass is 16.6. The van der Waals surface area contributed by atoms with Crippen LogP contribution in [0.2, 0.25) is 0 Å². The number of ketones is 3. The number of carbonyl (C=O) groups excluding carboxylic acids is 3. The van der Waals surface area contributed by atoms with Crippen LogP contribution in [0.15, 0.2) is 35.7 Å². The zero-order valence-corrected chi connectivity index (χ0v) is 50.9. The van der Waals surface area contributed by atoms with Gasteiger partial charge in [0, 0.05) is 92.1 Å². The normalized spacial score (nSPS) is 41.5. The lowest BCUT2D eigenvalue weighted by Crippen LogP contribution is -2.76. The number of aromatic nitrogens is 2. The molecule has 82 heavy (non-hydrogen) atoms. The summed E-state index contributed by atoms with van der Waals surface area (Å²) in [7, 11) is 1.99. The van der Waals surface area contributed by atoms with Gasteiger partial charge in [0.1, 0.15) is 17.7 Å². The molecule has 11 aliphatic rings. The van der Waals surface area contributed by atoms with Crippen LogP contribution in [0, 0.1) is 55.7 Å². The lowest BCUT2D eigenvalue weighted by molar-refractivity contribution is -0.300. The van der Waals surface area contributed by atoms with Crippen molar-refractivity contribution in [1.82, 2.24) is 14.9 Å². The Hall–Kier alpha value is -3.49. The Morgan fingerprint density at radius 2 is 1.59 bits per heavy atom. The number of hydrogen-bond donors (Lipinski definition) is 6. The van der Waals surface area contributed by atoms with Gasteiger partial charge in [-0.1, -0.05) is 78.9 Å². The largest absolute Gasteiger partial charge is 0.393 e. The first kappa shape index (κ1) is 56.3. The molecule has 8 fully saturated rings. The molecule has 2 aromatic heterocycles. The fraction of sp³-hybridized carbons (Fsp3) is 0.757. The first-order valence-electron chi connectivity index (χ1n) is 32.8. The number of Topliss-reactive ketones (excluding diaryl/α,β-unsaturated/α-hetero) is 3. The number of carbonyl (C=O) groups is 3. The number of nitrogens with one attached hydrogen (secondary N) is 2. The van der Waals surface area contributed by atoms with Crippen LogP contribution in [0.5, 0.6) is 0 Å². The van der Waals surface area contributed by atoms with Crippen LogP contribution in [0.25, 0.3) is 11.0 Å². The van der Waals surface area contributed by atoms with Crippen molar-refractivity contribution in [3.63, 3.8) is 0 Å². The van der Waals surface area contributed by atoms with Gasteiger partial charge in [0.05, 0.1) is 46.5 Å². The Kier molecular flexibility index (Phi) is 13.1. The molecular formula is C70H97N3O9. The molecule has 3 aromatic rings. The van der Waals surface area contributed by atoms with Crippen molar-refractivity contribution in [3.05, 3.63) is 69.1 Å². The van der Waals surface area contributed by atoms with Gasteiger partial charge in [-0.15, -0.1) is 0 Å². The maximum Gasteiger partial charge on any atom is 0.160 e. The molecule has 0 amide bonds. The number of fused-ring (bicyclic) bond motifs is 7. The van der Waals surface area contributed by atoms with Crippen LogP contribution in [0.3, 0.4) is 0 Å². The number of epoxide rings is 1. The molecule has 2 saturated heterocycles. The molecule has 12 nitrogen and oxygen atoms in total. The molecule has 14 rings (SSSR count). The molecule has 2 spiro atoms. The quantitative estimate of drug-likeness (QED) is 0.113. The first-order chi connectivity index (χ1) is 38.9. The number of aliphatic hydroxyl groups is 4. The molecule has 12 heteroatoms. The molecular weight excluding hydrogens is 1030 g/mol. The van der Waals surface area contributed by atoms with E-state index in [0.29, 0.717) is 115 Å². The molecule has 6 saturated carbocycles. The molecule has 6 N–H and O–H groups in total. The summed E-state index contributed by atoms with van der Waals surface area (Å²) in [4.78, 5) is 50.7. The number of nitrogens with zero attached hydrogens (tertiary/aromatic N) is 1. The lowest BCUT2D eigenvalue weighted by atomic mass is 9.26. The highest BCUT2D eigenvalue weighted by Gasteiger charge is 2.81. The Labute approximate surface area is 487 Å². The number of benzene rings is 1. The molecule has 0 radical (unpaired) electrons. The van der Waals surface area contributed by atoms with Gasteiger partial charge in [-0.3, -0.25) is 14.4 Å². The Bertz CT molecular complexity index is 3150. The molecule has 0 bridgehead atoms. The highest BCUT2D eigenvalue weighted by Crippen LogP contribution is 2.84. The SMILES string of the molecule is CNCC[C@]1(C)C(=O)C[C@@]2(CC[C@H](O)C2)[C@@]2(C)[C@H]3[C@H](O)[C@@H]4Cn5cc([C@H]6C(=O)CCc7c6cc(C6CCCCC6)cc7C6(O)CCOCC6)c6[nH]cc(c65)CC[C@@](C)(C[C@@H](O)[C@H]5OC5(C)C)C5=C4[C@](C)(CC5=O)[C@@]3(C)CC3(CCCC3)[C@H]21. The third-order valence-electron chi connectivity index (χ3n) is 26.9. The number of allylic oxidation sites excluding steroid dienone is 1. The second kappa shape index (κ2) is 19.0. The van der Waals surface area contributed by atoms with Crippen LogP contribution in [0.1, 0.15) is 229 Å². The van der Waals surface area contributed by atoms with Crippen LogP contribution in [0.4, 0.5) is 0 Å². The van der Waals surface area contributed by atoms with Gasteiger partial charge in [0.2, 0.25) is 0 Å². The Balaban J connectivity index is 0.988.